The molecule has 1 saturated heterocycles. The second-order valence-electron chi connectivity index (χ2n) is 5.78. The molecule has 18 heavy (non-hydrogen) atoms. The zero-order valence-corrected chi connectivity index (χ0v) is 10.8. The van der Waals surface area contributed by atoms with Gasteiger partial charge in [-0.05, 0) is 30.0 Å². The maximum absolute atomic E-state index is 10.7. The van der Waals surface area contributed by atoms with E-state index in [1.54, 1.807) is 12.1 Å². The molecule has 0 bridgehead atoms. The Kier molecular flexibility index (Phi) is 3.26. The van der Waals surface area contributed by atoms with Gasteiger partial charge in [0.05, 0.1) is 4.92 Å². The van der Waals surface area contributed by atoms with Gasteiger partial charge in [-0.25, -0.2) is 0 Å². The van der Waals surface area contributed by atoms with E-state index >= 15 is 0 Å². The Hall–Kier alpha value is -1.62. The van der Waals surface area contributed by atoms with Gasteiger partial charge in [0, 0.05) is 19.2 Å². The minimum absolute atomic E-state index is 0.0134. The van der Waals surface area contributed by atoms with E-state index in [0.29, 0.717) is 5.41 Å². The minimum atomic E-state index is -0.446. The molecule has 5 nitrogen and oxygen atoms in total. The minimum Gasteiger partial charge on any atom is -0.393 e. The Morgan fingerprint density at radius 1 is 1.50 bits per heavy atom. The zero-order valence-electron chi connectivity index (χ0n) is 10.8. The van der Waals surface area contributed by atoms with Crippen LogP contribution >= 0.6 is 0 Å². The van der Waals surface area contributed by atoms with Gasteiger partial charge in [0.1, 0.15) is 5.69 Å². The van der Waals surface area contributed by atoms with Gasteiger partial charge in [-0.15, -0.1) is 0 Å². The molecular weight excluding hydrogens is 230 g/mol. The molecule has 0 aromatic heterocycles. The fourth-order valence-electron chi connectivity index (χ4n) is 2.49. The van der Waals surface area contributed by atoms with Gasteiger partial charge >= 0.3 is 0 Å². The molecule has 98 valence electrons. The molecule has 1 aliphatic heterocycles. The van der Waals surface area contributed by atoms with Gasteiger partial charge in [0.15, 0.2) is 0 Å². The number of anilines is 1. The number of nitrogens with zero attached hydrogens (tertiary/aromatic N) is 2. The highest BCUT2D eigenvalue weighted by molar-refractivity contribution is 5.59. The van der Waals surface area contributed by atoms with Gasteiger partial charge < -0.3 is 5.73 Å². The lowest BCUT2D eigenvalue weighted by Crippen LogP contribution is -2.22. The van der Waals surface area contributed by atoms with Crippen LogP contribution in [-0.4, -0.2) is 22.9 Å². The molecule has 0 atom stereocenters. The van der Waals surface area contributed by atoms with E-state index in [4.69, 9.17) is 5.73 Å². The molecule has 0 saturated carbocycles. The van der Waals surface area contributed by atoms with Gasteiger partial charge in [0.25, 0.3) is 5.69 Å². The molecule has 0 amide bonds. The normalized spacial score (nSPS) is 19.0. The average molecular weight is 249 g/mol. The quantitative estimate of drug-likeness (QED) is 0.507. The van der Waals surface area contributed by atoms with Gasteiger partial charge in [-0.1, -0.05) is 19.9 Å². The van der Waals surface area contributed by atoms with Gasteiger partial charge in [-0.3, -0.25) is 15.0 Å². The highest BCUT2D eigenvalue weighted by atomic mass is 16.6. The molecule has 2 rings (SSSR count). The summed E-state index contributed by atoms with van der Waals surface area (Å²) in [4.78, 5) is 12.6. The summed E-state index contributed by atoms with van der Waals surface area (Å²) in [5, 5.41) is 10.7. The Morgan fingerprint density at radius 2 is 2.22 bits per heavy atom. The summed E-state index contributed by atoms with van der Waals surface area (Å²) in [6, 6.07) is 5.00. The first-order valence-corrected chi connectivity index (χ1v) is 6.12. The van der Waals surface area contributed by atoms with Crippen LogP contribution in [0.2, 0.25) is 0 Å². The molecule has 1 aromatic carbocycles. The predicted molar refractivity (Wildman–Crippen MR) is 71.2 cm³/mol. The smallest absolute Gasteiger partial charge is 0.292 e. The number of likely N-dealkylation sites (tertiary alicyclic amines) is 1. The van der Waals surface area contributed by atoms with Crippen molar-refractivity contribution in [1.29, 1.82) is 0 Å². The highest BCUT2D eigenvalue weighted by Crippen LogP contribution is 2.30. The summed E-state index contributed by atoms with van der Waals surface area (Å²) in [6.07, 6.45) is 1.19. The number of nitro benzene ring substituents is 1. The topological polar surface area (TPSA) is 72.4 Å². The number of benzene rings is 1. The molecular formula is C13H19N3O2. The van der Waals surface area contributed by atoms with E-state index in [0.717, 1.165) is 25.2 Å². The van der Waals surface area contributed by atoms with E-state index in [1.165, 1.54) is 12.5 Å². The molecule has 0 unspecified atom stereocenters. The van der Waals surface area contributed by atoms with Crippen molar-refractivity contribution in [3.05, 3.63) is 33.9 Å². The molecule has 2 N–H and O–H groups in total. The van der Waals surface area contributed by atoms with Crippen LogP contribution in [-0.2, 0) is 6.54 Å². The maximum Gasteiger partial charge on any atom is 0.292 e. The largest absolute Gasteiger partial charge is 0.393 e. The summed E-state index contributed by atoms with van der Waals surface area (Å²) in [6.45, 7) is 7.47. The van der Waals surface area contributed by atoms with E-state index in [1.807, 2.05) is 0 Å². The first-order valence-electron chi connectivity index (χ1n) is 6.12. The number of hydrogen-bond donors (Lipinski definition) is 1. The number of nitro groups is 1. The van der Waals surface area contributed by atoms with Crippen molar-refractivity contribution in [2.45, 2.75) is 26.8 Å². The van der Waals surface area contributed by atoms with E-state index in [9.17, 15) is 10.1 Å². The SMILES string of the molecule is CC1(C)CCN(Cc2ccc([N+](=O)[O-])c(N)c2)C1. The third-order valence-corrected chi connectivity index (χ3v) is 3.45. The van der Waals surface area contributed by atoms with E-state index in [2.05, 4.69) is 18.7 Å². The van der Waals surface area contributed by atoms with Crippen molar-refractivity contribution >= 4 is 11.4 Å². The number of nitrogens with two attached hydrogens (primary N) is 1. The zero-order chi connectivity index (χ0) is 13.3. The van der Waals surface area contributed by atoms with E-state index < -0.39 is 4.92 Å². The van der Waals surface area contributed by atoms with Crippen LogP contribution in [0.4, 0.5) is 11.4 Å². The Bertz CT molecular complexity index is 471. The highest BCUT2D eigenvalue weighted by Gasteiger charge is 2.29. The van der Waals surface area contributed by atoms with E-state index in [-0.39, 0.29) is 11.4 Å². The standard InChI is InChI=1S/C13H19N3O2/c1-13(2)5-6-15(9-13)8-10-3-4-12(16(17)18)11(14)7-10/h3-4,7H,5-6,8-9,14H2,1-2H3. The predicted octanol–water partition coefficient (Wildman–Crippen LogP) is 2.41. The summed E-state index contributed by atoms with van der Waals surface area (Å²) >= 11 is 0. The van der Waals surface area contributed by atoms with Crippen LogP contribution in [0.5, 0.6) is 0 Å². The van der Waals surface area contributed by atoms with Crippen LogP contribution in [0.3, 0.4) is 0 Å². The second-order valence-corrected chi connectivity index (χ2v) is 5.78. The molecule has 0 spiro atoms. The number of rotatable bonds is 3. The van der Waals surface area contributed by atoms with Crippen molar-refractivity contribution in [3.8, 4) is 0 Å². The molecule has 0 radical (unpaired) electrons. The molecule has 1 fully saturated rings. The third kappa shape index (κ3) is 2.79. The van der Waals surface area contributed by atoms with Crippen molar-refractivity contribution < 1.29 is 4.92 Å². The third-order valence-electron chi connectivity index (χ3n) is 3.45. The summed E-state index contributed by atoms with van der Waals surface area (Å²) in [7, 11) is 0. The summed E-state index contributed by atoms with van der Waals surface area (Å²) in [5.74, 6) is 0. The van der Waals surface area contributed by atoms with Crippen LogP contribution in [0, 0.1) is 15.5 Å². The Morgan fingerprint density at radius 3 is 2.72 bits per heavy atom. The number of nitrogen functional groups attached to an aromatic ring is 1. The molecule has 1 heterocycles. The molecule has 1 aliphatic rings. The van der Waals surface area contributed by atoms with Crippen molar-refractivity contribution in [2.24, 2.45) is 5.41 Å². The first-order chi connectivity index (χ1) is 8.37. The monoisotopic (exact) mass is 249 g/mol. The van der Waals surface area contributed by atoms with Crippen molar-refractivity contribution in [2.75, 3.05) is 18.8 Å². The molecule has 0 aliphatic carbocycles. The van der Waals surface area contributed by atoms with Gasteiger partial charge in [0.2, 0.25) is 0 Å². The summed E-state index contributed by atoms with van der Waals surface area (Å²) < 4.78 is 0. The van der Waals surface area contributed by atoms with Crippen LogP contribution < -0.4 is 5.73 Å². The second kappa shape index (κ2) is 4.57. The van der Waals surface area contributed by atoms with Crippen LogP contribution in [0.25, 0.3) is 0 Å². The first kappa shape index (κ1) is 12.8. The fraction of sp³-hybridized carbons (Fsp3) is 0.538. The molecule has 1 aromatic rings. The molecule has 5 heteroatoms. The number of hydrogen-bond acceptors (Lipinski definition) is 4. The van der Waals surface area contributed by atoms with Crippen molar-refractivity contribution in [1.82, 2.24) is 4.90 Å². The fourth-order valence-corrected chi connectivity index (χ4v) is 2.49. The maximum atomic E-state index is 10.7. The Labute approximate surface area is 107 Å². The summed E-state index contributed by atoms with van der Waals surface area (Å²) in [5.41, 5.74) is 7.33. The van der Waals surface area contributed by atoms with Crippen LogP contribution in [0.1, 0.15) is 25.8 Å². The lowest BCUT2D eigenvalue weighted by atomic mass is 9.93. The lowest BCUT2D eigenvalue weighted by Gasteiger charge is -2.19. The lowest BCUT2D eigenvalue weighted by molar-refractivity contribution is -0.383. The average Bonchev–Trinajstić information content (AvgIpc) is 2.57. The Balaban J connectivity index is 2.07. The van der Waals surface area contributed by atoms with Crippen LogP contribution in [0.15, 0.2) is 18.2 Å². The van der Waals surface area contributed by atoms with Crippen molar-refractivity contribution in [3.63, 3.8) is 0 Å². The van der Waals surface area contributed by atoms with Gasteiger partial charge in [-0.2, -0.15) is 0 Å².